The maximum atomic E-state index is 13.2. The molecule has 5 nitrogen and oxygen atoms in total. The Morgan fingerprint density at radius 1 is 1.31 bits per heavy atom. The van der Waals surface area contributed by atoms with Gasteiger partial charge in [-0.2, -0.15) is 5.26 Å². The van der Waals surface area contributed by atoms with Gasteiger partial charge in [0.1, 0.15) is 5.78 Å². The van der Waals surface area contributed by atoms with E-state index in [-0.39, 0.29) is 29.8 Å². The van der Waals surface area contributed by atoms with Gasteiger partial charge in [-0.3, -0.25) is 4.79 Å². The van der Waals surface area contributed by atoms with Gasteiger partial charge in [0.2, 0.25) is 6.79 Å². The Bertz CT molecular complexity index is 1190. The number of hydrogen-bond donors (Lipinski definition) is 1. The molecule has 3 heterocycles. The summed E-state index contributed by atoms with van der Waals surface area (Å²) in [5.74, 6) is 1.42. The second-order valence-electron chi connectivity index (χ2n) is 8.77. The van der Waals surface area contributed by atoms with Crippen LogP contribution in [0.25, 0.3) is 0 Å². The highest BCUT2D eigenvalue weighted by Crippen LogP contribution is 2.49. The molecule has 32 heavy (non-hydrogen) atoms. The molecule has 0 amide bonds. The molecule has 1 aromatic carbocycles. The number of thiophene rings is 1. The highest BCUT2D eigenvalue weighted by Gasteiger charge is 2.45. The van der Waals surface area contributed by atoms with Crippen molar-refractivity contribution < 1.29 is 14.3 Å². The molecule has 0 saturated carbocycles. The fraction of sp³-hybridized carbons (Fsp3) is 0.333. The van der Waals surface area contributed by atoms with Crippen molar-refractivity contribution in [2.45, 2.75) is 31.9 Å². The topological polar surface area (TPSA) is 71.3 Å². The van der Waals surface area contributed by atoms with E-state index in [1.807, 2.05) is 23.6 Å². The number of nitriles is 1. The van der Waals surface area contributed by atoms with Gasteiger partial charge < -0.3 is 14.8 Å². The number of fused-ring (bicyclic) bond motifs is 2. The van der Waals surface area contributed by atoms with E-state index in [4.69, 9.17) is 21.1 Å². The molecule has 3 aliphatic rings. The highest BCUT2D eigenvalue weighted by atomic mass is 35.5. The van der Waals surface area contributed by atoms with Crippen LogP contribution >= 0.6 is 34.7 Å². The van der Waals surface area contributed by atoms with Crippen molar-refractivity contribution in [2.24, 2.45) is 11.3 Å². The molecule has 0 bridgehead atoms. The van der Waals surface area contributed by atoms with Crippen LogP contribution in [0.4, 0.5) is 0 Å². The van der Waals surface area contributed by atoms with Gasteiger partial charge in [0, 0.05) is 39.8 Å². The van der Waals surface area contributed by atoms with Crippen LogP contribution in [0.2, 0.25) is 5.02 Å². The number of thioether (sulfide) groups is 1. The van der Waals surface area contributed by atoms with Crippen molar-refractivity contribution in [3.05, 3.63) is 67.5 Å². The van der Waals surface area contributed by atoms with E-state index >= 15 is 0 Å². The van der Waals surface area contributed by atoms with Crippen LogP contribution in [0.3, 0.4) is 0 Å². The summed E-state index contributed by atoms with van der Waals surface area (Å²) in [5.41, 5.74) is 2.17. The van der Waals surface area contributed by atoms with Gasteiger partial charge in [-0.15, -0.1) is 23.1 Å². The Labute approximate surface area is 200 Å². The van der Waals surface area contributed by atoms with E-state index in [0.29, 0.717) is 34.3 Å². The van der Waals surface area contributed by atoms with Crippen molar-refractivity contribution >= 4 is 40.5 Å². The fourth-order valence-electron chi connectivity index (χ4n) is 4.51. The third kappa shape index (κ3) is 3.81. The summed E-state index contributed by atoms with van der Waals surface area (Å²) >= 11 is 9.57. The van der Waals surface area contributed by atoms with Crippen molar-refractivity contribution in [2.75, 3.05) is 6.79 Å². The lowest BCUT2D eigenvalue weighted by Crippen LogP contribution is -2.41. The molecule has 1 aromatic heterocycles. The van der Waals surface area contributed by atoms with Gasteiger partial charge >= 0.3 is 0 Å². The number of carbonyl (C=O) groups is 1. The zero-order chi connectivity index (χ0) is 22.5. The molecule has 0 fully saturated rings. The molecular formula is C24H21ClN2O3S2. The Balaban J connectivity index is 1.53. The van der Waals surface area contributed by atoms with Gasteiger partial charge in [0.25, 0.3) is 0 Å². The minimum absolute atomic E-state index is 0.175. The zero-order valence-corrected chi connectivity index (χ0v) is 20.0. The van der Waals surface area contributed by atoms with Crippen LogP contribution in [0.15, 0.2) is 52.0 Å². The number of ether oxygens (including phenoxy) is 2. The maximum absolute atomic E-state index is 13.2. The largest absolute Gasteiger partial charge is 0.454 e. The summed E-state index contributed by atoms with van der Waals surface area (Å²) in [5, 5.41) is 16.9. The number of halogens is 1. The van der Waals surface area contributed by atoms with Gasteiger partial charge in [-0.25, -0.2) is 0 Å². The highest BCUT2D eigenvalue weighted by molar-refractivity contribution is 8.02. The molecule has 2 atom stereocenters. The van der Waals surface area contributed by atoms with E-state index in [0.717, 1.165) is 21.2 Å². The van der Waals surface area contributed by atoms with Crippen molar-refractivity contribution in [3.63, 3.8) is 0 Å². The third-order valence-corrected chi connectivity index (χ3v) is 8.26. The predicted octanol–water partition coefficient (Wildman–Crippen LogP) is 5.98. The Hall–Kier alpha value is -2.40. The van der Waals surface area contributed by atoms with Crippen LogP contribution in [0.5, 0.6) is 11.5 Å². The van der Waals surface area contributed by atoms with E-state index in [2.05, 4.69) is 31.3 Å². The summed E-state index contributed by atoms with van der Waals surface area (Å²) in [6.45, 7) is 4.33. The first-order valence-corrected chi connectivity index (χ1v) is 12.5. The monoisotopic (exact) mass is 484 g/mol. The van der Waals surface area contributed by atoms with Gasteiger partial charge in [-0.1, -0.05) is 37.6 Å². The number of benzene rings is 1. The van der Waals surface area contributed by atoms with Crippen molar-refractivity contribution in [3.8, 4) is 17.6 Å². The predicted molar refractivity (Wildman–Crippen MR) is 127 cm³/mol. The van der Waals surface area contributed by atoms with Crippen LogP contribution < -0.4 is 14.8 Å². The van der Waals surface area contributed by atoms with Gasteiger partial charge in [0.05, 0.1) is 22.6 Å². The fourth-order valence-corrected chi connectivity index (χ4v) is 6.74. The lowest BCUT2D eigenvalue weighted by Gasteiger charge is -2.40. The zero-order valence-electron chi connectivity index (χ0n) is 17.6. The first kappa shape index (κ1) is 21.4. The van der Waals surface area contributed by atoms with Crippen LogP contribution in [-0.4, -0.2) is 12.6 Å². The SMILES string of the molecule is CC1(C)C=C2NC(SCc3cc4c(cc3Cl)OCO4)=C(C#N)C(c3cccs3)C2C(=O)C1. The first-order chi connectivity index (χ1) is 15.4. The summed E-state index contributed by atoms with van der Waals surface area (Å²) in [7, 11) is 0. The minimum atomic E-state index is -0.352. The normalized spacial score (nSPS) is 23.3. The smallest absolute Gasteiger partial charge is 0.231 e. The molecular weight excluding hydrogens is 464 g/mol. The molecule has 0 radical (unpaired) electrons. The lowest BCUT2D eigenvalue weighted by atomic mass is 9.69. The summed E-state index contributed by atoms with van der Waals surface area (Å²) in [4.78, 5) is 14.2. The summed E-state index contributed by atoms with van der Waals surface area (Å²) in [6.07, 6.45) is 2.63. The minimum Gasteiger partial charge on any atom is -0.454 e. The first-order valence-electron chi connectivity index (χ1n) is 10.3. The number of nitrogens with zero attached hydrogens (tertiary/aromatic N) is 1. The Morgan fingerprint density at radius 3 is 2.81 bits per heavy atom. The number of rotatable bonds is 4. The molecule has 0 saturated heterocycles. The molecule has 2 aliphatic heterocycles. The molecule has 164 valence electrons. The second kappa shape index (κ2) is 8.18. The Morgan fingerprint density at radius 2 is 2.09 bits per heavy atom. The molecule has 0 spiro atoms. The van der Waals surface area contributed by atoms with Crippen LogP contribution in [0.1, 0.15) is 36.6 Å². The summed E-state index contributed by atoms with van der Waals surface area (Å²) < 4.78 is 10.9. The molecule has 1 aliphatic carbocycles. The molecule has 2 aromatic rings. The van der Waals surface area contributed by atoms with E-state index in [1.165, 1.54) is 11.8 Å². The number of allylic oxidation sites excluding steroid dienone is 3. The number of nitrogens with one attached hydrogen (secondary N) is 1. The van der Waals surface area contributed by atoms with E-state index < -0.39 is 0 Å². The number of hydrogen-bond acceptors (Lipinski definition) is 7. The third-order valence-electron chi connectivity index (χ3n) is 5.89. The van der Waals surface area contributed by atoms with E-state index in [1.54, 1.807) is 17.4 Å². The number of ketones is 1. The summed E-state index contributed by atoms with van der Waals surface area (Å²) in [6, 6.07) is 10.0. The quantitative estimate of drug-likeness (QED) is 0.575. The van der Waals surface area contributed by atoms with Crippen LogP contribution in [0, 0.1) is 22.7 Å². The average Bonchev–Trinajstić information content (AvgIpc) is 3.41. The number of carbonyl (C=O) groups excluding carboxylic acids is 1. The van der Waals surface area contributed by atoms with Crippen LogP contribution in [-0.2, 0) is 10.5 Å². The number of Topliss-reactive ketones (excluding diaryl/α,β-unsaturated/α-hetero) is 1. The Kier molecular flexibility index (Phi) is 5.48. The van der Waals surface area contributed by atoms with Crippen molar-refractivity contribution in [1.82, 2.24) is 5.32 Å². The van der Waals surface area contributed by atoms with Crippen molar-refractivity contribution in [1.29, 1.82) is 5.26 Å². The molecule has 2 unspecified atom stereocenters. The van der Waals surface area contributed by atoms with E-state index in [9.17, 15) is 10.1 Å². The molecule has 5 rings (SSSR count). The van der Waals surface area contributed by atoms with Gasteiger partial charge in [-0.05, 0) is 28.5 Å². The molecule has 1 N–H and O–H groups in total. The molecule has 8 heteroatoms. The lowest BCUT2D eigenvalue weighted by molar-refractivity contribution is -0.124. The van der Waals surface area contributed by atoms with Gasteiger partial charge in [0.15, 0.2) is 11.5 Å². The average molecular weight is 485 g/mol. The maximum Gasteiger partial charge on any atom is 0.231 e. The second-order valence-corrected chi connectivity index (χ2v) is 11.1. The standard InChI is InChI=1S/C24H21ClN2O3S2/c1-24(2)8-16-22(17(28)9-24)21(20-4-3-5-31-20)14(10-26)23(27-16)32-11-13-6-18-19(7-15(13)25)30-12-29-18/h3-8,21-22,27H,9,11-12H2,1-2H3.